The highest BCUT2D eigenvalue weighted by molar-refractivity contribution is 5.45. The second-order valence-corrected chi connectivity index (χ2v) is 3.97. The Morgan fingerprint density at radius 1 is 1.41 bits per heavy atom. The molecule has 0 aromatic carbocycles. The molecule has 2 aromatic rings. The minimum atomic E-state index is 0.206. The van der Waals surface area contributed by atoms with Gasteiger partial charge in [0.2, 0.25) is 11.7 Å². The van der Waals surface area contributed by atoms with E-state index in [9.17, 15) is 0 Å². The number of aryl methyl sites for hydroxylation is 1. The summed E-state index contributed by atoms with van der Waals surface area (Å²) in [4.78, 5) is 12.3. The molecule has 2 aromatic heterocycles. The van der Waals surface area contributed by atoms with Crippen LogP contribution < -0.4 is 5.73 Å². The second kappa shape index (κ2) is 5.49. The van der Waals surface area contributed by atoms with E-state index in [2.05, 4.69) is 20.1 Å². The van der Waals surface area contributed by atoms with Crippen molar-refractivity contribution in [2.75, 3.05) is 0 Å². The molecule has 0 saturated heterocycles. The number of aromatic nitrogens is 4. The molecule has 0 spiro atoms. The van der Waals surface area contributed by atoms with Crippen LogP contribution in [0, 0.1) is 0 Å². The molecular formula is C11H15N5O. The molecule has 0 aliphatic heterocycles. The standard InChI is InChI=1S/C11H15N5O/c1-8(12)3-2-4-10-15-11(16-17-10)9-7-13-5-6-14-9/h5-8H,2-4,12H2,1H3. The quantitative estimate of drug-likeness (QED) is 0.834. The van der Waals surface area contributed by atoms with Gasteiger partial charge < -0.3 is 10.3 Å². The van der Waals surface area contributed by atoms with E-state index in [-0.39, 0.29) is 6.04 Å². The van der Waals surface area contributed by atoms with Crippen LogP contribution in [0.1, 0.15) is 25.7 Å². The highest BCUT2D eigenvalue weighted by Crippen LogP contribution is 2.12. The van der Waals surface area contributed by atoms with Gasteiger partial charge in [0.15, 0.2) is 0 Å². The summed E-state index contributed by atoms with van der Waals surface area (Å²) in [6, 6.07) is 0.206. The molecule has 0 bridgehead atoms. The van der Waals surface area contributed by atoms with Crippen molar-refractivity contribution in [2.45, 2.75) is 32.2 Å². The highest BCUT2D eigenvalue weighted by atomic mass is 16.5. The van der Waals surface area contributed by atoms with Crippen molar-refractivity contribution in [1.82, 2.24) is 20.1 Å². The molecule has 0 fully saturated rings. The Morgan fingerprint density at radius 2 is 2.29 bits per heavy atom. The van der Waals surface area contributed by atoms with E-state index in [4.69, 9.17) is 10.3 Å². The largest absolute Gasteiger partial charge is 0.339 e. The average Bonchev–Trinajstić information content (AvgIpc) is 2.78. The molecule has 0 aliphatic rings. The maximum atomic E-state index is 5.67. The lowest BCUT2D eigenvalue weighted by Gasteiger charge is -2.00. The highest BCUT2D eigenvalue weighted by Gasteiger charge is 2.09. The van der Waals surface area contributed by atoms with Crippen molar-refractivity contribution >= 4 is 0 Å². The van der Waals surface area contributed by atoms with Gasteiger partial charge in [-0.1, -0.05) is 5.16 Å². The van der Waals surface area contributed by atoms with Crippen LogP contribution in [0.15, 0.2) is 23.1 Å². The number of hydrogen-bond donors (Lipinski definition) is 1. The van der Waals surface area contributed by atoms with Crippen LogP contribution in [-0.4, -0.2) is 26.2 Å². The molecular weight excluding hydrogens is 218 g/mol. The smallest absolute Gasteiger partial charge is 0.227 e. The molecule has 2 heterocycles. The molecule has 0 amide bonds. The van der Waals surface area contributed by atoms with Gasteiger partial charge in [0, 0.05) is 24.9 Å². The van der Waals surface area contributed by atoms with Gasteiger partial charge in [-0.05, 0) is 19.8 Å². The molecule has 17 heavy (non-hydrogen) atoms. The normalized spacial score (nSPS) is 12.6. The molecule has 0 aliphatic carbocycles. The van der Waals surface area contributed by atoms with Crippen LogP contribution in [0.3, 0.4) is 0 Å². The summed E-state index contributed by atoms with van der Waals surface area (Å²) in [5.74, 6) is 1.10. The van der Waals surface area contributed by atoms with Crippen molar-refractivity contribution in [1.29, 1.82) is 0 Å². The van der Waals surface area contributed by atoms with Gasteiger partial charge in [0.25, 0.3) is 0 Å². The Hall–Kier alpha value is -1.82. The topological polar surface area (TPSA) is 90.7 Å². The molecule has 1 unspecified atom stereocenters. The maximum Gasteiger partial charge on any atom is 0.227 e. The first-order chi connectivity index (χ1) is 8.25. The van der Waals surface area contributed by atoms with Gasteiger partial charge in [-0.2, -0.15) is 4.98 Å². The van der Waals surface area contributed by atoms with Gasteiger partial charge in [-0.15, -0.1) is 0 Å². The van der Waals surface area contributed by atoms with E-state index in [0.29, 0.717) is 17.4 Å². The van der Waals surface area contributed by atoms with Crippen LogP contribution in [-0.2, 0) is 6.42 Å². The molecule has 2 N–H and O–H groups in total. The molecule has 0 radical (unpaired) electrons. The third-order valence-corrected chi connectivity index (χ3v) is 2.31. The van der Waals surface area contributed by atoms with Gasteiger partial charge in [0.1, 0.15) is 5.69 Å². The first-order valence-electron chi connectivity index (χ1n) is 5.60. The molecule has 6 heteroatoms. The van der Waals surface area contributed by atoms with Gasteiger partial charge in [-0.3, -0.25) is 4.98 Å². The summed E-state index contributed by atoms with van der Waals surface area (Å²) in [6.45, 7) is 1.98. The number of nitrogens with zero attached hydrogens (tertiary/aromatic N) is 4. The molecule has 2 rings (SSSR count). The summed E-state index contributed by atoms with van der Waals surface area (Å²) in [5, 5.41) is 3.86. The van der Waals surface area contributed by atoms with Crippen molar-refractivity contribution in [3.05, 3.63) is 24.5 Å². The fraction of sp³-hybridized carbons (Fsp3) is 0.455. The zero-order chi connectivity index (χ0) is 12.1. The summed E-state index contributed by atoms with van der Waals surface area (Å²) in [5.41, 5.74) is 6.29. The molecule has 90 valence electrons. The Bertz CT molecular complexity index is 454. The first-order valence-corrected chi connectivity index (χ1v) is 5.60. The van der Waals surface area contributed by atoms with E-state index in [0.717, 1.165) is 19.3 Å². The lowest BCUT2D eigenvalue weighted by Crippen LogP contribution is -2.14. The second-order valence-electron chi connectivity index (χ2n) is 3.97. The minimum absolute atomic E-state index is 0.206. The van der Waals surface area contributed by atoms with E-state index in [1.54, 1.807) is 18.6 Å². The monoisotopic (exact) mass is 233 g/mol. The third kappa shape index (κ3) is 3.32. The van der Waals surface area contributed by atoms with Crippen LogP contribution in [0.2, 0.25) is 0 Å². The van der Waals surface area contributed by atoms with Crippen molar-refractivity contribution in [3.8, 4) is 11.5 Å². The summed E-state index contributed by atoms with van der Waals surface area (Å²) >= 11 is 0. The van der Waals surface area contributed by atoms with Crippen LogP contribution in [0.25, 0.3) is 11.5 Å². The maximum absolute atomic E-state index is 5.67. The van der Waals surface area contributed by atoms with E-state index in [1.165, 1.54) is 0 Å². The van der Waals surface area contributed by atoms with E-state index >= 15 is 0 Å². The Kier molecular flexibility index (Phi) is 3.77. The van der Waals surface area contributed by atoms with E-state index in [1.807, 2.05) is 6.92 Å². The number of hydrogen-bond acceptors (Lipinski definition) is 6. The number of rotatable bonds is 5. The molecule has 6 nitrogen and oxygen atoms in total. The van der Waals surface area contributed by atoms with Gasteiger partial charge in [-0.25, -0.2) is 4.98 Å². The Balaban J connectivity index is 1.97. The Labute approximate surface area is 99.3 Å². The zero-order valence-electron chi connectivity index (χ0n) is 9.71. The predicted molar refractivity (Wildman–Crippen MR) is 61.9 cm³/mol. The predicted octanol–water partition coefficient (Wildman–Crippen LogP) is 1.20. The summed E-state index contributed by atoms with van der Waals surface area (Å²) in [7, 11) is 0. The van der Waals surface area contributed by atoms with Crippen molar-refractivity contribution in [3.63, 3.8) is 0 Å². The molecule has 0 saturated carbocycles. The van der Waals surface area contributed by atoms with Crippen LogP contribution in [0.4, 0.5) is 0 Å². The SMILES string of the molecule is CC(N)CCCc1nc(-c2cnccn2)no1. The van der Waals surface area contributed by atoms with Gasteiger partial charge in [0.05, 0.1) is 6.20 Å². The Morgan fingerprint density at radius 3 is 3.00 bits per heavy atom. The van der Waals surface area contributed by atoms with Crippen molar-refractivity contribution in [2.24, 2.45) is 5.73 Å². The fourth-order valence-electron chi connectivity index (χ4n) is 1.45. The number of nitrogens with two attached hydrogens (primary N) is 1. The molecule has 1 atom stereocenters. The third-order valence-electron chi connectivity index (χ3n) is 2.31. The summed E-state index contributed by atoms with van der Waals surface area (Å²) < 4.78 is 5.13. The van der Waals surface area contributed by atoms with E-state index < -0.39 is 0 Å². The summed E-state index contributed by atoms with van der Waals surface area (Å²) in [6.07, 6.45) is 7.45. The zero-order valence-corrected chi connectivity index (χ0v) is 9.71. The lowest BCUT2D eigenvalue weighted by atomic mass is 10.1. The fourth-order valence-corrected chi connectivity index (χ4v) is 1.45. The van der Waals surface area contributed by atoms with Crippen molar-refractivity contribution < 1.29 is 4.52 Å². The lowest BCUT2D eigenvalue weighted by molar-refractivity contribution is 0.373. The first kappa shape index (κ1) is 11.7. The van der Waals surface area contributed by atoms with Crippen LogP contribution >= 0.6 is 0 Å². The van der Waals surface area contributed by atoms with Crippen LogP contribution in [0.5, 0.6) is 0 Å². The van der Waals surface area contributed by atoms with Gasteiger partial charge >= 0.3 is 0 Å². The minimum Gasteiger partial charge on any atom is -0.339 e. The average molecular weight is 233 g/mol.